The van der Waals surface area contributed by atoms with Gasteiger partial charge in [-0.25, -0.2) is 4.79 Å². The lowest BCUT2D eigenvalue weighted by atomic mass is 9.93. The monoisotopic (exact) mass is 528 g/mol. The summed E-state index contributed by atoms with van der Waals surface area (Å²) in [7, 11) is 0. The molecule has 0 aliphatic heterocycles. The van der Waals surface area contributed by atoms with Crippen molar-refractivity contribution in [2.45, 2.75) is 97.8 Å². The lowest BCUT2D eigenvalue weighted by molar-refractivity contribution is 0.0696. The number of rotatable bonds is 16. The topological polar surface area (TPSA) is 54.4 Å². The minimum Gasteiger partial charge on any atom is -0.478 e. The van der Waals surface area contributed by atoms with E-state index < -0.39 is 5.97 Å². The molecule has 0 bridgehead atoms. The van der Waals surface area contributed by atoms with E-state index in [-0.39, 0.29) is 11.7 Å². The number of hydrogen-bond donors (Lipinski definition) is 1. The number of carboxylic acids is 1. The molecule has 0 saturated heterocycles. The SMILES string of the molecule is CCCCCCC(C)C(=O)c1ccc(-c2ccccc2)cc1.CCCCCCCCc1ccc(C(=O)O)cc1. The summed E-state index contributed by atoms with van der Waals surface area (Å²) in [6.07, 6.45) is 14.7. The summed E-state index contributed by atoms with van der Waals surface area (Å²) in [4.78, 5) is 23.1. The fraction of sp³-hybridized carbons (Fsp3) is 0.444. The number of unbranched alkanes of at least 4 members (excludes halogenated alkanes) is 8. The molecule has 3 aromatic carbocycles. The first-order valence-corrected chi connectivity index (χ1v) is 15.0. The summed E-state index contributed by atoms with van der Waals surface area (Å²) in [5, 5.41) is 8.77. The van der Waals surface area contributed by atoms with E-state index in [2.05, 4.69) is 32.9 Å². The van der Waals surface area contributed by atoms with Gasteiger partial charge in [0.15, 0.2) is 5.78 Å². The van der Waals surface area contributed by atoms with Gasteiger partial charge in [0.1, 0.15) is 0 Å². The van der Waals surface area contributed by atoms with E-state index >= 15 is 0 Å². The molecule has 3 rings (SSSR count). The van der Waals surface area contributed by atoms with Crippen molar-refractivity contribution >= 4 is 11.8 Å². The molecule has 0 aromatic heterocycles. The Hall–Kier alpha value is -3.20. The number of carbonyl (C=O) groups is 2. The molecule has 1 N–H and O–H groups in total. The highest BCUT2D eigenvalue weighted by molar-refractivity contribution is 5.98. The third kappa shape index (κ3) is 12.5. The van der Waals surface area contributed by atoms with Gasteiger partial charge >= 0.3 is 5.97 Å². The molecule has 0 saturated carbocycles. The van der Waals surface area contributed by atoms with Crippen molar-refractivity contribution in [3.63, 3.8) is 0 Å². The summed E-state index contributed by atoms with van der Waals surface area (Å²) in [5.74, 6) is -0.452. The van der Waals surface area contributed by atoms with Crippen LogP contribution in [0, 0.1) is 5.92 Å². The molecule has 0 aliphatic rings. The fourth-order valence-corrected chi connectivity index (χ4v) is 4.67. The van der Waals surface area contributed by atoms with Crippen LogP contribution in [0.5, 0.6) is 0 Å². The van der Waals surface area contributed by atoms with Crippen molar-refractivity contribution in [3.8, 4) is 11.1 Å². The Morgan fingerprint density at radius 1 is 0.615 bits per heavy atom. The zero-order valence-electron chi connectivity index (χ0n) is 24.3. The molecule has 0 heterocycles. The molecule has 1 atom stereocenters. The number of hydrogen-bond acceptors (Lipinski definition) is 2. The smallest absolute Gasteiger partial charge is 0.335 e. The van der Waals surface area contributed by atoms with Gasteiger partial charge in [-0.15, -0.1) is 0 Å². The Morgan fingerprint density at radius 2 is 1.13 bits per heavy atom. The van der Waals surface area contributed by atoms with E-state index in [9.17, 15) is 9.59 Å². The Morgan fingerprint density at radius 3 is 1.72 bits per heavy atom. The predicted molar refractivity (Wildman–Crippen MR) is 165 cm³/mol. The average molecular weight is 529 g/mol. The van der Waals surface area contributed by atoms with E-state index in [1.54, 1.807) is 12.1 Å². The summed E-state index contributed by atoms with van der Waals surface area (Å²) in [6, 6.07) is 25.5. The third-order valence-corrected chi connectivity index (χ3v) is 7.23. The molecular weight excluding hydrogens is 480 g/mol. The van der Waals surface area contributed by atoms with Gasteiger partial charge in [-0.2, -0.15) is 0 Å². The second kappa shape index (κ2) is 19.0. The largest absolute Gasteiger partial charge is 0.478 e. The highest BCUT2D eigenvalue weighted by atomic mass is 16.4. The molecule has 0 spiro atoms. The number of Topliss-reactive ketones (excluding diaryl/α,β-unsaturated/α-hetero) is 1. The van der Waals surface area contributed by atoms with E-state index in [0.717, 1.165) is 30.4 Å². The maximum Gasteiger partial charge on any atom is 0.335 e. The number of aryl methyl sites for hydroxylation is 1. The van der Waals surface area contributed by atoms with Crippen LogP contribution in [0.2, 0.25) is 0 Å². The van der Waals surface area contributed by atoms with Crippen LogP contribution in [0.15, 0.2) is 78.9 Å². The summed E-state index contributed by atoms with van der Waals surface area (Å²) < 4.78 is 0. The predicted octanol–water partition coefficient (Wildman–Crippen LogP) is 10.4. The lowest BCUT2D eigenvalue weighted by Crippen LogP contribution is -2.11. The fourth-order valence-electron chi connectivity index (χ4n) is 4.67. The normalized spacial score (nSPS) is 11.4. The van der Waals surface area contributed by atoms with Crippen molar-refractivity contribution in [1.82, 2.24) is 0 Å². The summed E-state index contributed by atoms with van der Waals surface area (Å²) in [5.41, 5.74) is 4.80. The Bertz CT molecular complexity index is 1070. The first kappa shape index (κ1) is 32.0. The lowest BCUT2D eigenvalue weighted by Gasteiger charge is -2.11. The molecule has 0 radical (unpaired) electrons. The molecule has 3 aromatic rings. The number of carboxylic acid groups (broad SMARTS) is 1. The number of aromatic carboxylic acids is 1. The van der Waals surface area contributed by atoms with Crippen molar-refractivity contribution in [1.29, 1.82) is 0 Å². The zero-order valence-corrected chi connectivity index (χ0v) is 24.3. The molecule has 3 heteroatoms. The average Bonchev–Trinajstić information content (AvgIpc) is 2.98. The Balaban J connectivity index is 0.000000283. The number of ketones is 1. The van der Waals surface area contributed by atoms with E-state index in [0.29, 0.717) is 5.56 Å². The van der Waals surface area contributed by atoms with Crippen LogP contribution in [-0.2, 0) is 6.42 Å². The molecule has 210 valence electrons. The Kier molecular flexibility index (Phi) is 15.6. The second-order valence-electron chi connectivity index (χ2n) is 10.6. The number of carbonyl (C=O) groups excluding carboxylic acids is 1. The van der Waals surface area contributed by atoms with E-state index in [4.69, 9.17) is 5.11 Å². The highest BCUT2D eigenvalue weighted by Crippen LogP contribution is 2.22. The minimum absolute atomic E-state index is 0.124. The van der Waals surface area contributed by atoms with Gasteiger partial charge in [-0.3, -0.25) is 4.79 Å². The standard InChI is InChI=1S/C21H26O.C15H22O2/c1-3-4-5-7-10-17(2)21(22)20-15-13-19(14-16-20)18-11-8-6-9-12-18;1-2-3-4-5-6-7-8-13-9-11-14(12-10-13)15(16)17/h6,8-9,11-17H,3-5,7,10H2,1-2H3;9-12H,2-8H2,1H3,(H,16,17). The summed E-state index contributed by atoms with van der Waals surface area (Å²) >= 11 is 0. The van der Waals surface area contributed by atoms with Crippen LogP contribution in [0.3, 0.4) is 0 Å². The first-order chi connectivity index (χ1) is 19.0. The van der Waals surface area contributed by atoms with E-state index in [1.165, 1.54) is 68.9 Å². The van der Waals surface area contributed by atoms with Crippen molar-refractivity contribution in [3.05, 3.63) is 95.6 Å². The van der Waals surface area contributed by atoms with E-state index in [1.807, 2.05) is 54.6 Å². The van der Waals surface area contributed by atoms with Gasteiger partial charge in [-0.05, 0) is 48.1 Å². The van der Waals surface area contributed by atoms with Gasteiger partial charge in [-0.1, -0.05) is 145 Å². The van der Waals surface area contributed by atoms with Gasteiger partial charge in [0, 0.05) is 11.5 Å². The van der Waals surface area contributed by atoms with Crippen molar-refractivity contribution in [2.75, 3.05) is 0 Å². The van der Waals surface area contributed by atoms with Crippen LogP contribution >= 0.6 is 0 Å². The molecule has 0 aliphatic carbocycles. The molecule has 1 unspecified atom stereocenters. The van der Waals surface area contributed by atoms with Gasteiger partial charge < -0.3 is 5.11 Å². The minimum atomic E-state index is -0.851. The third-order valence-electron chi connectivity index (χ3n) is 7.23. The molecule has 3 nitrogen and oxygen atoms in total. The van der Waals surface area contributed by atoms with Crippen LogP contribution in [-0.4, -0.2) is 16.9 Å². The van der Waals surface area contributed by atoms with Gasteiger partial charge in [0.05, 0.1) is 5.56 Å². The van der Waals surface area contributed by atoms with Crippen LogP contribution in [0.1, 0.15) is 118 Å². The van der Waals surface area contributed by atoms with Gasteiger partial charge in [0.2, 0.25) is 0 Å². The van der Waals surface area contributed by atoms with Crippen LogP contribution < -0.4 is 0 Å². The molecule has 39 heavy (non-hydrogen) atoms. The molecule has 0 amide bonds. The first-order valence-electron chi connectivity index (χ1n) is 15.0. The van der Waals surface area contributed by atoms with Gasteiger partial charge in [0.25, 0.3) is 0 Å². The number of benzene rings is 3. The van der Waals surface area contributed by atoms with Crippen molar-refractivity contribution < 1.29 is 14.7 Å². The second-order valence-corrected chi connectivity index (χ2v) is 10.6. The maximum absolute atomic E-state index is 12.5. The summed E-state index contributed by atoms with van der Waals surface area (Å²) in [6.45, 7) is 6.49. The van der Waals surface area contributed by atoms with Crippen LogP contribution in [0.25, 0.3) is 11.1 Å². The van der Waals surface area contributed by atoms with Crippen molar-refractivity contribution in [2.24, 2.45) is 5.92 Å². The highest BCUT2D eigenvalue weighted by Gasteiger charge is 2.14. The Labute approximate surface area is 236 Å². The maximum atomic E-state index is 12.5. The zero-order chi connectivity index (χ0) is 28.3. The molecule has 0 fully saturated rings. The molecular formula is C36H48O3. The van der Waals surface area contributed by atoms with Crippen LogP contribution in [0.4, 0.5) is 0 Å². The quantitative estimate of drug-likeness (QED) is 0.149.